The average Bonchev–Trinajstić information content (AvgIpc) is 2.76. The van der Waals surface area contributed by atoms with E-state index in [1.165, 1.54) is 35.6 Å². The molecule has 1 aromatic heterocycles. The molecule has 1 aromatic carbocycles. The normalized spacial score (nSPS) is 12.3. The first-order valence-corrected chi connectivity index (χ1v) is 7.17. The third-order valence-corrected chi connectivity index (χ3v) is 4.57. The second-order valence-corrected chi connectivity index (χ2v) is 6.31. The highest BCUT2D eigenvalue weighted by Crippen LogP contribution is 2.14. The third-order valence-electron chi connectivity index (χ3n) is 2.13. The summed E-state index contributed by atoms with van der Waals surface area (Å²) in [6.07, 6.45) is 0. The number of Topliss-reactive ketones (excluding diaryl/α,β-unsaturated/α-hetero) is 1. The van der Waals surface area contributed by atoms with Crippen LogP contribution in [0.15, 0.2) is 28.6 Å². The Hall–Kier alpha value is -1.47. The van der Waals surface area contributed by atoms with Gasteiger partial charge in [-0.15, -0.1) is 10.2 Å². The molecule has 7 heteroatoms. The van der Waals surface area contributed by atoms with Crippen LogP contribution in [0, 0.1) is 12.7 Å². The average molecular weight is 284 g/mol. The van der Waals surface area contributed by atoms with Crippen LogP contribution in [0.4, 0.5) is 4.39 Å². The summed E-state index contributed by atoms with van der Waals surface area (Å²) in [6, 6.07) is 5.15. The van der Waals surface area contributed by atoms with E-state index in [1.807, 2.05) is 0 Å². The summed E-state index contributed by atoms with van der Waals surface area (Å²) in [6.45, 7) is 1.75. The van der Waals surface area contributed by atoms with Gasteiger partial charge >= 0.3 is 0 Å². The Morgan fingerprint density at radius 1 is 1.33 bits per heavy atom. The van der Waals surface area contributed by atoms with Crippen LogP contribution in [0.1, 0.15) is 15.4 Å². The van der Waals surface area contributed by atoms with Crippen LogP contribution in [0.5, 0.6) is 0 Å². The van der Waals surface area contributed by atoms with Crippen LogP contribution in [-0.2, 0) is 10.8 Å². The number of carbonyl (C=O) groups is 1. The first-order valence-electron chi connectivity index (χ1n) is 5.03. The van der Waals surface area contributed by atoms with E-state index in [4.69, 9.17) is 0 Å². The van der Waals surface area contributed by atoms with Crippen LogP contribution < -0.4 is 0 Å². The second kappa shape index (κ2) is 5.45. The van der Waals surface area contributed by atoms with Gasteiger partial charge in [0.1, 0.15) is 10.8 Å². The zero-order valence-corrected chi connectivity index (χ0v) is 11.1. The number of ketones is 1. The summed E-state index contributed by atoms with van der Waals surface area (Å²) in [5.74, 6) is -0.881. The van der Waals surface area contributed by atoms with E-state index in [1.54, 1.807) is 6.92 Å². The molecule has 2 rings (SSSR count). The van der Waals surface area contributed by atoms with Crippen molar-refractivity contribution in [1.82, 2.24) is 10.2 Å². The lowest BCUT2D eigenvalue weighted by Crippen LogP contribution is -2.11. The summed E-state index contributed by atoms with van der Waals surface area (Å²) in [7, 11) is -1.50. The van der Waals surface area contributed by atoms with Gasteiger partial charge < -0.3 is 0 Å². The first-order chi connectivity index (χ1) is 8.56. The summed E-state index contributed by atoms with van der Waals surface area (Å²) < 4.78 is 24.9. The molecule has 0 bridgehead atoms. The number of benzene rings is 1. The van der Waals surface area contributed by atoms with Gasteiger partial charge in [0.05, 0.1) is 16.6 Å². The van der Waals surface area contributed by atoms with Crippen LogP contribution >= 0.6 is 11.3 Å². The SMILES string of the molecule is Cc1nnc(S(=O)CC(=O)c2ccc(F)cc2)s1. The van der Waals surface area contributed by atoms with Crippen molar-refractivity contribution in [2.45, 2.75) is 11.3 Å². The molecule has 1 unspecified atom stereocenters. The van der Waals surface area contributed by atoms with Crippen LogP contribution in [-0.4, -0.2) is 25.9 Å². The highest BCUT2D eigenvalue weighted by molar-refractivity contribution is 7.87. The summed E-state index contributed by atoms with van der Waals surface area (Å²) >= 11 is 1.20. The van der Waals surface area contributed by atoms with E-state index in [9.17, 15) is 13.4 Å². The standard InChI is InChI=1S/C11H9FN2O2S2/c1-7-13-14-11(17-7)18(16)6-10(15)8-2-4-9(12)5-3-8/h2-5H,6H2,1H3. The van der Waals surface area contributed by atoms with Gasteiger partial charge in [-0.25, -0.2) is 4.39 Å². The number of aromatic nitrogens is 2. The number of halogens is 1. The molecule has 1 heterocycles. The van der Waals surface area contributed by atoms with Crippen molar-refractivity contribution in [3.05, 3.63) is 40.7 Å². The molecule has 0 radical (unpaired) electrons. The predicted molar refractivity (Wildman–Crippen MR) is 66.7 cm³/mol. The minimum absolute atomic E-state index is 0.166. The summed E-state index contributed by atoms with van der Waals surface area (Å²) in [5.41, 5.74) is 0.339. The zero-order chi connectivity index (χ0) is 13.1. The Morgan fingerprint density at radius 3 is 2.56 bits per heavy atom. The molecular formula is C11H9FN2O2S2. The van der Waals surface area contributed by atoms with Crippen molar-refractivity contribution in [2.75, 3.05) is 5.75 Å². The third kappa shape index (κ3) is 3.05. The van der Waals surface area contributed by atoms with Crippen molar-refractivity contribution in [3.63, 3.8) is 0 Å². The summed E-state index contributed by atoms with van der Waals surface area (Å²) in [4.78, 5) is 11.8. The number of nitrogens with zero attached hydrogens (tertiary/aromatic N) is 2. The predicted octanol–water partition coefficient (Wildman–Crippen LogP) is 1.98. The molecular weight excluding hydrogens is 275 g/mol. The molecule has 94 valence electrons. The Kier molecular flexibility index (Phi) is 3.93. The zero-order valence-electron chi connectivity index (χ0n) is 9.42. The minimum atomic E-state index is -1.50. The largest absolute Gasteiger partial charge is 0.293 e. The molecule has 2 aromatic rings. The number of carbonyl (C=O) groups excluding carboxylic acids is 1. The lowest BCUT2D eigenvalue weighted by atomic mass is 10.1. The highest BCUT2D eigenvalue weighted by atomic mass is 32.2. The topological polar surface area (TPSA) is 59.9 Å². The fourth-order valence-electron chi connectivity index (χ4n) is 1.27. The van der Waals surface area contributed by atoms with Gasteiger partial charge in [-0.05, 0) is 31.2 Å². The van der Waals surface area contributed by atoms with Gasteiger partial charge in [-0.2, -0.15) is 0 Å². The van der Waals surface area contributed by atoms with E-state index in [0.717, 1.165) is 0 Å². The Bertz CT molecular complexity index is 595. The monoisotopic (exact) mass is 284 g/mol. The van der Waals surface area contributed by atoms with Crippen molar-refractivity contribution in [2.24, 2.45) is 0 Å². The molecule has 0 saturated carbocycles. The van der Waals surface area contributed by atoms with Crippen LogP contribution in [0.2, 0.25) is 0 Å². The molecule has 0 spiro atoms. The fourth-order valence-corrected chi connectivity index (χ4v) is 3.26. The fraction of sp³-hybridized carbons (Fsp3) is 0.182. The van der Waals surface area contributed by atoms with Crippen molar-refractivity contribution in [3.8, 4) is 0 Å². The van der Waals surface area contributed by atoms with E-state index >= 15 is 0 Å². The van der Waals surface area contributed by atoms with Crippen molar-refractivity contribution < 1.29 is 13.4 Å². The number of aryl methyl sites for hydroxylation is 1. The van der Waals surface area contributed by atoms with E-state index in [2.05, 4.69) is 10.2 Å². The van der Waals surface area contributed by atoms with Crippen LogP contribution in [0.25, 0.3) is 0 Å². The molecule has 0 aliphatic carbocycles. The Morgan fingerprint density at radius 2 is 2.00 bits per heavy atom. The minimum Gasteiger partial charge on any atom is -0.293 e. The molecule has 0 aliphatic heterocycles. The molecule has 4 nitrogen and oxygen atoms in total. The highest BCUT2D eigenvalue weighted by Gasteiger charge is 2.15. The van der Waals surface area contributed by atoms with Crippen molar-refractivity contribution >= 4 is 27.9 Å². The van der Waals surface area contributed by atoms with Gasteiger partial charge in [0.15, 0.2) is 5.78 Å². The summed E-state index contributed by atoms with van der Waals surface area (Å²) in [5, 5.41) is 8.18. The number of hydrogen-bond donors (Lipinski definition) is 0. The van der Waals surface area contributed by atoms with Crippen LogP contribution in [0.3, 0.4) is 0 Å². The lowest BCUT2D eigenvalue weighted by Gasteiger charge is -1.99. The van der Waals surface area contributed by atoms with Gasteiger partial charge in [0.25, 0.3) is 0 Å². The lowest BCUT2D eigenvalue weighted by molar-refractivity contribution is 0.102. The van der Waals surface area contributed by atoms with Gasteiger partial charge in [-0.3, -0.25) is 9.00 Å². The van der Waals surface area contributed by atoms with E-state index < -0.39 is 16.6 Å². The maximum absolute atomic E-state index is 12.7. The quantitative estimate of drug-likeness (QED) is 0.805. The van der Waals surface area contributed by atoms with E-state index in [0.29, 0.717) is 14.9 Å². The molecule has 0 amide bonds. The Labute approximate surface area is 109 Å². The van der Waals surface area contributed by atoms with E-state index in [-0.39, 0.29) is 11.5 Å². The molecule has 0 fully saturated rings. The Balaban J connectivity index is 2.08. The first kappa shape index (κ1) is 13.0. The second-order valence-electron chi connectivity index (χ2n) is 3.51. The van der Waals surface area contributed by atoms with Gasteiger partial charge in [0.2, 0.25) is 4.34 Å². The molecule has 0 N–H and O–H groups in total. The number of rotatable bonds is 4. The molecule has 18 heavy (non-hydrogen) atoms. The number of hydrogen-bond acceptors (Lipinski definition) is 5. The maximum Gasteiger partial charge on any atom is 0.205 e. The van der Waals surface area contributed by atoms with Gasteiger partial charge in [-0.1, -0.05) is 11.3 Å². The smallest absolute Gasteiger partial charge is 0.205 e. The maximum atomic E-state index is 12.7. The molecule has 0 saturated heterocycles. The van der Waals surface area contributed by atoms with Gasteiger partial charge in [0, 0.05) is 5.56 Å². The molecule has 0 aliphatic rings. The van der Waals surface area contributed by atoms with Crippen molar-refractivity contribution in [1.29, 1.82) is 0 Å². The molecule has 1 atom stereocenters.